The number of rotatable bonds is 4. The zero-order valence-corrected chi connectivity index (χ0v) is 20.0. The maximum atomic E-state index is 13.6. The fourth-order valence-corrected chi connectivity index (χ4v) is 3.43. The van der Waals surface area contributed by atoms with Gasteiger partial charge in [-0.05, 0) is 65.5 Å². The first-order valence-corrected chi connectivity index (χ1v) is 9.94. The number of anilines is 1. The predicted octanol–water partition coefficient (Wildman–Crippen LogP) is 4.24. The Balaban J connectivity index is 0.00000280. The van der Waals surface area contributed by atoms with Gasteiger partial charge in [0.15, 0.2) is 5.96 Å². The smallest absolute Gasteiger partial charge is 0.191 e. The van der Waals surface area contributed by atoms with E-state index in [4.69, 9.17) is 0 Å². The van der Waals surface area contributed by atoms with Crippen molar-refractivity contribution >= 4 is 51.7 Å². The number of guanidine groups is 1. The third-order valence-electron chi connectivity index (χ3n) is 4.70. The number of aromatic nitrogens is 1. The van der Waals surface area contributed by atoms with Crippen LogP contribution in [0, 0.1) is 12.7 Å². The predicted molar refractivity (Wildman–Crippen MR) is 127 cm³/mol. The lowest BCUT2D eigenvalue weighted by Crippen LogP contribution is -2.48. The van der Waals surface area contributed by atoms with Gasteiger partial charge in [0.25, 0.3) is 0 Å². The topological polar surface area (TPSA) is 52.6 Å². The second kappa shape index (κ2) is 10.9. The summed E-state index contributed by atoms with van der Waals surface area (Å²) in [5.74, 6) is 1.54. The summed E-state index contributed by atoms with van der Waals surface area (Å²) in [6, 6.07) is 11.6. The van der Waals surface area contributed by atoms with Crippen LogP contribution < -0.4 is 15.5 Å². The molecule has 0 aliphatic carbocycles. The van der Waals surface area contributed by atoms with Gasteiger partial charge in [0.2, 0.25) is 0 Å². The number of nitrogens with zero attached hydrogens (tertiary/aromatic N) is 3. The van der Waals surface area contributed by atoms with Crippen molar-refractivity contribution in [2.75, 3.05) is 25.0 Å². The maximum absolute atomic E-state index is 13.6. The fraction of sp³-hybridized carbons (Fsp3) is 0.400. The second-order valence-electron chi connectivity index (χ2n) is 6.72. The van der Waals surface area contributed by atoms with E-state index in [0.29, 0.717) is 17.1 Å². The number of piperidine rings is 1. The first kappa shape index (κ1) is 22.9. The third kappa shape index (κ3) is 6.30. The van der Waals surface area contributed by atoms with E-state index in [2.05, 4.69) is 53.6 Å². The number of halogens is 3. The van der Waals surface area contributed by atoms with E-state index in [0.717, 1.165) is 49.0 Å². The van der Waals surface area contributed by atoms with Crippen molar-refractivity contribution in [3.63, 3.8) is 0 Å². The van der Waals surface area contributed by atoms with Gasteiger partial charge in [-0.3, -0.25) is 4.99 Å². The molecule has 0 bridgehead atoms. The van der Waals surface area contributed by atoms with E-state index >= 15 is 0 Å². The van der Waals surface area contributed by atoms with Gasteiger partial charge in [-0.1, -0.05) is 12.1 Å². The minimum absolute atomic E-state index is 0. The summed E-state index contributed by atoms with van der Waals surface area (Å²) in [6.45, 7) is 4.47. The third-order valence-corrected chi connectivity index (χ3v) is 5.34. The number of aryl methyl sites for hydroxylation is 1. The zero-order chi connectivity index (χ0) is 19.2. The molecule has 1 aromatic carbocycles. The lowest BCUT2D eigenvalue weighted by molar-refractivity contribution is 0.459. The Labute approximate surface area is 191 Å². The highest BCUT2D eigenvalue weighted by atomic mass is 127. The van der Waals surface area contributed by atoms with Gasteiger partial charge < -0.3 is 15.5 Å². The minimum Gasteiger partial charge on any atom is -0.356 e. The van der Waals surface area contributed by atoms with Gasteiger partial charge in [-0.25, -0.2) is 9.37 Å². The molecule has 0 spiro atoms. The summed E-state index contributed by atoms with van der Waals surface area (Å²) in [4.78, 5) is 11.2. The zero-order valence-electron chi connectivity index (χ0n) is 16.1. The Kier molecular flexibility index (Phi) is 8.94. The molecule has 1 aromatic heterocycles. The van der Waals surface area contributed by atoms with Crippen LogP contribution in [0.2, 0.25) is 0 Å². The molecule has 1 saturated heterocycles. The summed E-state index contributed by atoms with van der Waals surface area (Å²) in [5, 5.41) is 6.74. The van der Waals surface area contributed by atoms with Crippen molar-refractivity contribution in [2.24, 2.45) is 4.99 Å². The Morgan fingerprint density at radius 1 is 1.29 bits per heavy atom. The van der Waals surface area contributed by atoms with E-state index in [1.54, 1.807) is 13.1 Å². The average Bonchev–Trinajstić information content (AvgIpc) is 2.68. The van der Waals surface area contributed by atoms with Crippen LogP contribution in [0.15, 0.2) is 45.9 Å². The van der Waals surface area contributed by atoms with E-state index in [1.165, 1.54) is 6.07 Å². The molecule has 152 valence electrons. The molecule has 0 unspecified atom stereocenters. The van der Waals surface area contributed by atoms with Crippen LogP contribution in [-0.2, 0) is 6.54 Å². The van der Waals surface area contributed by atoms with Crippen LogP contribution in [0.1, 0.15) is 24.1 Å². The highest BCUT2D eigenvalue weighted by molar-refractivity contribution is 14.0. The van der Waals surface area contributed by atoms with Gasteiger partial charge in [0.05, 0.1) is 4.47 Å². The molecule has 0 radical (unpaired) electrons. The lowest BCUT2D eigenvalue weighted by atomic mass is 10.1. The van der Waals surface area contributed by atoms with Crippen molar-refractivity contribution in [3.8, 4) is 0 Å². The molecule has 2 N–H and O–H groups in total. The van der Waals surface area contributed by atoms with Gasteiger partial charge in [-0.2, -0.15) is 0 Å². The van der Waals surface area contributed by atoms with Crippen LogP contribution >= 0.6 is 39.9 Å². The normalized spacial score (nSPS) is 15.1. The molecule has 0 saturated carbocycles. The molecule has 1 aliphatic rings. The minimum atomic E-state index is -0.255. The van der Waals surface area contributed by atoms with Gasteiger partial charge in [0, 0.05) is 38.4 Å². The summed E-state index contributed by atoms with van der Waals surface area (Å²) >= 11 is 3.17. The van der Waals surface area contributed by atoms with Crippen LogP contribution in [-0.4, -0.2) is 37.1 Å². The maximum Gasteiger partial charge on any atom is 0.191 e. The molecular formula is C20H26BrFIN5. The standard InChI is InChI=1S/C20H25BrFN5.HI/c1-14-4-3-5-19(25-14)27-10-8-16(9-11-27)26-20(23-2)24-13-15-6-7-17(21)18(22)12-15;/h3-7,12,16H,8-11,13H2,1-2H3,(H2,23,24,26);1H. The number of hydrogen-bond acceptors (Lipinski definition) is 3. The Hall–Kier alpha value is -1.42. The van der Waals surface area contributed by atoms with Crippen molar-refractivity contribution in [1.82, 2.24) is 15.6 Å². The average molecular weight is 562 g/mol. The van der Waals surface area contributed by atoms with Gasteiger partial charge >= 0.3 is 0 Å². The van der Waals surface area contributed by atoms with Crippen LogP contribution in [0.4, 0.5) is 10.2 Å². The summed E-state index contributed by atoms with van der Waals surface area (Å²) < 4.78 is 14.1. The summed E-state index contributed by atoms with van der Waals surface area (Å²) in [6.07, 6.45) is 2.03. The fourth-order valence-electron chi connectivity index (χ4n) is 3.18. The van der Waals surface area contributed by atoms with E-state index in [1.807, 2.05) is 19.1 Å². The number of hydrogen-bond donors (Lipinski definition) is 2. The molecule has 1 aliphatic heterocycles. The monoisotopic (exact) mass is 561 g/mol. The number of aliphatic imine (C=N–C) groups is 1. The Morgan fingerprint density at radius 2 is 2.04 bits per heavy atom. The Morgan fingerprint density at radius 3 is 2.68 bits per heavy atom. The molecule has 28 heavy (non-hydrogen) atoms. The van der Waals surface area contributed by atoms with Crippen LogP contribution in [0.3, 0.4) is 0 Å². The van der Waals surface area contributed by atoms with Gasteiger partial charge in [0.1, 0.15) is 11.6 Å². The molecular weight excluding hydrogens is 536 g/mol. The van der Waals surface area contributed by atoms with Crippen molar-refractivity contribution in [2.45, 2.75) is 32.4 Å². The largest absolute Gasteiger partial charge is 0.356 e. The Bertz CT molecular complexity index is 809. The SMILES string of the molecule is CN=C(NCc1ccc(Br)c(F)c1)NC1CCN(c2cccc(C)n2)CC1.I. The first-order valence-electron chi connectivity index (χ1n) is 9.15. The molecule has 0 amide bonds. The highest BCUT2D eigenvalue weighted by Crippen LogP contribution is 2.18. The molecule has 5 nitrogen and oxygen atoms in total. The lowest BCUT2D eigenvalue weighted by Gasteiger charge is -2.34. The molecule has 3 rings (SSSR count). The molecule has 2 heterocycles. The van der Waals surface area contributed by atoms with E-state index < -0.39 is 0 Å². The van der Waals surface area contributed by atoms with Gasteiger partial charge in [-0.15, -0.1) is 24.0 Å². The molecule has 2 aromatic rings. The van der Waals surface area contributed by atoms with Crippen molar-refractivity contribution < 1.29 is 4.39 Å². The number of pyridine rings is 1. The van der Waals surface area contributed by atoms with Crippen molar-refractivity contribution in [1.29, 1.82) is 0 Å². The van der Waals surface area contributed by atoms with Crippen LogP contribution in [0.25, 0.3) is 0 Å². The van der Waals surface area contributed by atoms with Crippen LogP contribution in [0.5, 0.6) is 0 Å². The van der Waals surface area contributed by atoms with E-state index in [-0.39, 0.29) is 29.8 Å². The number of benzene rings is 1. The molecule has 1 fully saturated rings. The molecule has 8 heteroatoms. The number of nitrogens with one attached hydrogen (secondary N) is 2. The summed E-state index contributed by atoms with van der Waals surface area (Å²) in [5.41, 5.74) is 1.92. The van der Waals surface area contributed by atoms with E-state index in [9.17, 15) is 4.39 Å². The molecule has 0 atom stereocenters. The summed E-state index contributed by atoms with van der Waals surface area (Å²) in [7, 11) is 1.75. The highest BCUT2D eigenvalue weighted by Gasteiger charge is 2.21. The second-order valence-corrected chi connectivity index (χ2v) is 7.57. The quantitative estimate of drug-likeness (QED) is 0.333. The van der Waals surface area contributed by atoms with Crippen molar-refractivity contribution in [3.05, 3.63) is 57.9 Å². The first-order chi connectivity index (χ1) is 13.0.